The van der Waals surface area contributed by atoms with E-state index in [-0.39, 0.29) is 21.9 Å². The Bertz CT molecular complexity index is 1240. The van der Waals surface area contributed by atoms with Gasteiger partial charge in [0.1, 0.15) is 11.5 Å². The van der Waals surface area contributed by atoms with Gasteiger partial charge in [-0.25, -0.2) is 0 Å². The van der Waals surface area contributed by atoms with Gasteiger partial charge in [-0.15, -0.1) is 0 Å². The first-order valence-electron chi connectivity index (χ1n) is 9.09. The maximum Gasteiger partial charge on any atom is 0.300 e. The molecule has 31 heavy (non-hydrogen) atoms. The van der Waals surface area contributed by atoms with E-state index in [1.54, 1.807) is 48.5 Å². The molecule has 1 aliphatic rings. The fourth-order valence-corrected chi connectivity index (χ4v) is 4.01. The molecule has 3 aromatic carbocycles. The maximum atomic E-state index is 13.0. The maximum absolute atomic E-state index is 13.0. The summed E-state index contributed by atoms with van der Waals surface area (Å²) in [5, 5.41) is 22.4. The minimum Gasteiger partial charge on any atom is -0.507 e. The zero-order chi connectivity index (χ0) is 22.3. The van der Waals surface area contributed by atoms with Crippen LogP contribution in [-0.2, 0) is 9.59 Å². The van der Waals surface area contributed by atoms with Crippen LogP contribution in [-0.4, -0.2) is 21.9 Å². The molecular weight excluding hydrogens is 461 g/mol. The Balaban J connectivity index is 1.97. The highest BCUT2D eigenvalue weighted by Gasteiger charge is 2.47. The molecule has 5 nitrogen and oxygen atoms in total. The van der Waals surface area contributed by atoms with Crippen LogP contribution < -0.4 is 4.90 Å². The van der Waals surface area contributed by atoms with Crippen molar-refractivity contribution in [2.75, 3.05) is 4.90 Å². The molecule has 0 saturated carbocycles. The Morgan fingerprint density at radius 2 is 1.48 bits per heavy atom. The van der Waals surface area contributed by atoms with Gasteiger partial charge in [-0.2, -0.15) is 0 Å². The number of hydrogen-bond donors (Lipinski definition) is 2. The molecular formula is C23H14Cl3NO4. The number of nitrogens with zero attached hydrogens (tertiary/aromatic N) is 1. The number of rotatable bonds is 3. The Morgan fingerprint density at radius 1 is 0.839 bits per heavy atom. The molecule has 1 unspecified atom stereocenters. The number of phenols is 1. The molecule has 2 N–H and O–H groups in total. The number of amides is 1. The van der Waals surface area contributed by atoms with Gasteiger partial charge >= 0.3 is 0 Å². The van der Waals surface area contributed by atoms with Crippen molar-refractivity contribution in [3.05, 3.63) is 98.5 Å². The summed E-state index contributed by atoms with van der Waals surface area (Å²) in [5.41, 5.74) is 0.727. The van der Waals surface area contributed by atoms with Crippen LogP contribution in [0.5, 0.6) is 5.75 Å². The third-order valence-corrected chi connectivity index (χ3v) is 5.65. The van der Waals surface area contributed by atoms with E-state index in [2.05, 4.69) is 0 Å². The number of hydrogen-bond acceptors (Lipinski definition) is 4. The Hall–Kier alpha value is -2.99. The number of halogens is 3. The van der Waals surface area contributed by atoms with Crippen molar-refractivity contribution < 1.29 is 19.8 Å². The lowest BCUT2D eigenvalue weighted by molar-refractivity contribution is -0.132. The Labute approximate surface area is 192 Å². The molecule has 0 aliphatic carbocycles. The monoisotopic (exact) mass is 473 g/mol. The van der Waals surface area contributed by atoms with Gasteiger partial charge in [0, 0.05) is 20.8 Å². The highest BCUT2D eigenvalue weighted by atomic mass is 35.5. The van der Waals surface area contributed by atoms with Crippen LogP contribution in [0.2, 0.25) is 15.1 Å². The lowest BCUT2D eigenvalue weighted by Gasteiger charge is -2.25. The van der Waals surface area contributed by atoms with Crippen molar-refractivity contribution in [1.82, 2.24) is 0 Å². The van der Waals surface area contributed by atoms with E-state index in [4.69, 9.17) is 34.8 Å². The largest absolute Gasteiger partial charge is 0.507 e. The number of carbonyl (C=O) groups excluding carboxylic acids is 2. The summed E-state index contributed by atoms with van der Waals surface area (Å²) in [4.78, 5) is 27.3. The first kappa shape index (κ1) is 21.2. The molecule has 156 valence electrons. The smallest absolute Gasteiger partial charge is 0.300 e. The van der Waals surface area contributed by atoms with E-state index in [0.717, 1.165) is 0 Å². The number of benzene rings is 3. The van der Waals surface area contributed by atoms with Gasteiger partial charge in [0.25, 0.3) is 11.7 Å². The van der Waals surface area contributed by atoms with Crippen LogP contribution in [0.3, 0.4) is 0 Å². The lowest BCUT2D eigenvalue weighted by atomic mass is 9.95. The van der Waals surface area contributed by atoms with E-state index >= 15 is 0 Å². The summed E-state index contributed by atoms with van der Waals surface area (Å²) in [6, 6.07) is 16.1. The van der Waals surface area contributed by atoms with Gasteiger partial charge in [-0.3, -0.25) is 14.5 Å². The minimum absolute atomic E-state index is 0.0209. The molecule has 1 fully saturated rings. The average molecular weight is 475 g/mol. The highest BCUT2D eigenvalue weighted by Crippen LogP contribution is 2.43. The van der Waals surface area contributed by atoms with E-state index in [9.17, 15) is 19.8 Å². The summed E-state index contributed by atoms with van der Waals surface area (Å²) in [7, 11) is 0. The van der Waals surface area contributed by atoms with Gasteiger partial charge in [0.05, 0.1) is 17.2 Å². The van der Waals surface area contributed by atoms with Crippen LogP contribution in [0, 0.1) is 0 Å². The van der Waals surface area contributed by atoms with Gasteiger partial charge in [0.15, 0.2) is 0 Å². The van der Waals surface area contributed by atoms with E-state index in [1.165, 1.54) is 23.1 Å². The third kappa shape index (κ3) is 3.88. The number of anilines is 1. The second-order valence-corrected chi connectivity index (χ2v) is 8.17. The van der Waals surface area contributed by atoms with Crippen LogP contribution in [0.25, 0.3) is 5.76 Å². The molecule has 1 heterocycles. The SMILES string of the molecule is O=C1C(=O)N(c2cccc(Cl)c2)C(c2ccc(Cl)cc2)C1=C(O)c1ccc(Cl)cc1O. The molecule has 0 radical (unpaired) electrons. The van der Waals surface area contributed by atoms with E-state index in [1.807, 2.05) is 0 Å². The fraction of sp³-hybridized carbons (Fsp3) is 0.0435. The number of carbonyl (C=O) groups is 2. The summed E-state index contributed by atoms with van der Waals surface area (Å²) < 4.78 is 0. The van der Waals surface area contributed by atoms with Gasteiger partial charge in [-0.1, -0.05) is 53.0 Å². The normalized spacial score (nSPS) is 17.9. The molecule has 0 spiro atoms. The predicted molar refractivity (Wildman–Crippen MR) is 121 cm³/mol. The molecule has 0 bridgehead atoms. The number of aliphatic hydroxyl groups is 1. The van der Waals surface area contributed by atoms with Crippen molar-refractivity contribution in [2.45, 2.75) is 6.04 Å². The van der Waals surface area contributed by atoms with Gasteiger partial charge < -0.3 is 10.2 Å². The van der Waals surface area contributed by atoms with Crippen molar-refractivity contribution in [2.24, 2.45) is 0 Å². The average Bonchev–Trinajstić information content (AvgIpc) is 2.99. The molecule has 1 amide bonds. The topological polar surface area (TPSA) is 77.8 Å². The minimum atomic E-state index is -0.967. The zero-order valence-electron chi connectivity index (χ0n) is 15.7. The number of Topliss-reactive ketones (excluding diaryl/α,β-unsaturated/α-hetero) is 1. The first-order valence-corrected chi connectivity index (χ1v) is 10.2. The molecule has 0 aromatic heterocycles. The fourth-order valence-electron chi connectivity index (χ4n) is 3.54. The quantitative estimate of drug-likeness (QED) is 0.278. The van der Waals surface area contributed by atoms with Crippen LogP contribution in [0.15, 0.2) is 72.3 Å². The summed E-state index contributed by atoms with van der Waals surface area (Å²) in [5.74, 6) is -2.57. The molecule has 1 atom stereocenters. The molecule has 8 heteroatoms. The molecule has 1 saturated heterocycles. The Kier molecular flexibility index (Phi) is 5.67. The number of aromatic hydroxyl groups is 1. The Morgan fingerprint density at radius 3 is 2.13 bits per heavy atom. The second kappa shape index (κ2) is 8.27. The van der Waals surface area contributed by atoms with Gasteiger partial charge in [0.2, 0.25) is 0 Å². The van der Waals surface area contributed by atoms with Crippen molar-refractivity contribution in [1.29, 1.82) is 0 Å². The first-order chi connectivity index (χ1) is 14.8. The summed E-state index contributed by atoms with van der Waals surface area (Å²) in [6.45, 7) is 0. The van der Waals surface area contributed by atoms with Crippen LogP contribution in [0.1, 0.15) is 17.2 Å². The van der Waals surface area contributed by atoms with E-state index < -0.39 is 23.5 Å². The van der Waals surface area contributed by atoms with Crippen molar-refractivity contribution in [3.8, 4) is 5.75 Å². The number of phenolic OH excluding ortho intramolecular Hbond substituents is 1. The highest BCUT2D eigenvalue weighted by molar-refractivity contribution is 6.52. The third-order valence-electron chi connectivity index (χ3n) is 4.93. The summed E-state index contributed by atoms with van der Waals surface area (Å²) in [6.07, 6.45) is 0. The molecule has 3 aromatic rings. The van der Waals surface area contributed by atoms with Crippen molar-refractivity contribution >= 4 is 57.9 Å². The second-order valence-electron chi connectivity index (χ2n) is 6.86. The predicted octanol–water partition coefficient (Wildman–Crippen LogP) is 5.98. The molecule has 1 aliphatic heterocycles. The number of aliphatic hydroxyl groups excluding tert-OH is 1. The lowest BCUT2D eigenvalue weighted by Crippen LogP contribution is -2.29. The van der Waals surface area contributed by atoms with Crippen LogP contribution >= 0.6 is 34.8 Å². The zero-order valence-corrected chi connectivity index (χ0v) is 18.0. The number of ketones is 1. The van der Waals surface area contributed by atoms with E-state index in [0.29, 0.717) is 21.3 Å². The van der Waals surface area contributed by atoms with Crippen LogP contribution in [0.4, 0.5) is 5.69 Å². The van der Waals surface area contributed by atoms with Gasteiger partial charge in [-0.05, 0) is 54.1 Å². The van der Waals surface area contributed by atoms with Crippen molar-refractivity contribution in [3.63, 3.8) is 0 Å². The molecule has 4 rings (SSSR count). The summed E-state index contributed by atoms with van der Waals surface area (Å²) >= 11 is 18.0. The standard InChI is InChI=1S/C23H14Cl3NO4/c24-13-6-4-12(5-7-13)20-19(21(29)17-9-8-15(26)11-18(17)28)22(30)23(31)27(20)16-3-1-2-14(25)10-16/h1-11,20,28-29H.